The highest BCUT2D eigenvalue weighted by Crippen LogP contribution is 2.23. The van der Waals surface area contributed by atoms with Crippen molar-refractivity contribution in [2.45, 2.75) is 19.9 Å². The smallest absolute Gasteiger partial charge is 0.226 e. The maximum Gasteiger partial charge on any atom is 0.226 e. The number of thiazole rings is 2. The number of aryl methyl sites for hydroxylation is 1. The first-order valence-electron chi connectivity index (χ1n) is 6.88. The first-order chi connectivity index (χ1) is 10.7. The molecule has 0 saturated carbocycles. The molecule has 0 fully saturated rings. The topological polar surface area (TPSA) is 54.9 Å². The van der Waals surface area contributed by atoms with Gasteiger partial charge in [0.25, 0.3) is 0 Å². The van der Waals surface area contributed by atoms with Gasteiger partial charge in [0.1, 0.15) is 5.01 Å². The van der Waals surface area contributed by atoms with E-state index in [1.807, 2.05) is 48.0 Å². The first kappa shape index (κ1) is 14.9. The number of benzene rings is 1. The summed E-state index contributed by atoms with van der Waals surface area (Å²) in [5.41, 5.74) is 2.78. The largest absolute Gasteiger partial charge is 0.350 e. The Morgan fingerprint density at radius 3 is 2.59 bits per heavy atom. The van der Waals surface area contributed by atoms with E-state index in [0.29, 0.717) is 13.0 Å². The maximum atomic E-state index is 12.0. The van der Waals surface area contributed by atoms with E-state index in [0.717, 1.165) is 27.0 Å². The van der Waals surface area contributed by atoms with Crippen molar-refractivity contribution in [1.29, 1.82) is 0 Å². The lowest BCUT2D eigenvalue weighted by molar-refractivity contribution is -0.120. The van der Waals surface area contributed by atoms with Crippen LogP contribution in [0.5, 0.6) is 0 Å². The Labute approximate surface area is 136 Å². The van der Waals surface area contributed by atoms with Gasteiger partial charge in [-0.2, -0.15) is 0 Å². The van der Waals surface area contributed by atoms with E-state index in [1.54, 1.807) is 22.7 Å². The van der Waals surface area contributed by atoms with Crippen molar-refractivity contribution >= 4 is 28.6 Å². The van der Waals surface area contributed by atoms with Crippen LogP contribution >= 0.6 is 22.7 Å². The number of nitrogens with one attached hydrogen (secondary N) is 1. The third-order valence-corrected chi connectivity index (χ3v) is 4.81. The van der Waals surface area contributed by atoms with Crippen LogP contribution in [0.25, 0.3) is 10.6 Å². The summed E-state index contributed by atoms with van der Waals surface area (Å²) < 4.78 is 0. The highest BCUT2D eigenvalue weighted by molar-refractivity contribution is 7.13. The molecule has 22 heavy (non-hydrogen) atoms. The number of hydrogen-bond acceptors (Lipinski definition) is 5. The molecule has 1 amide bonds. The zero-order chi connectivity index (χ0) is 15.4. The van der Waals surface area contributed by atoms with Crippen LogP contribution in [0, 0.1) is 6.92 Å². The first-order valence-corrected chi connectivity index (χ1v) is 8.64. The average Bonchev–Trinajstić information content (AvgIpc) is 3.15. The molecule has 0 atom stereocenters. The van der Waals surface area contributed by atoms with Crippen LogP contribution < -0.4 is 5.32 Å². The number of hydrogen-bond donors (Lipinski definition) is 1. The van der Waals surface area contributed by atoms with Gasteiger partial charge in [-0.25, -0.2) is 9.97 Å². The van der Waals surface area contributed by atoms with Crippen LogP contribution in [0.15, 0.2) is 41.1 Å². The Morgan fingerprint density at radius 1 is 1.09 bits per heavy atom. The lowest BCUT2D eigenvalue weighted by atomic mass is 10.2. The quantitative estimate of drug-likeness (QED) is 0.780. The van der Waals surface area contributed by atoms with Crippen molar-refractivity contribution in [3.05, 3.63) is 57.5 Å². The number of rotatable bonds is 5. The van der Waals surface area contributed by atoms with Crippen molar-refractivity contribution in [3.63, 3.8) is 0 Å². The summed E-state index contributed by atoms with van der Waals surface area (Å²) in [6, 6.07) is 9.99. The fraction of sp³-hybridized carbons (Fsp3) is 0.188. The summed E-state index contributed by atoms with van der Waals surface area (Å²) in [7, 11) is 0. The third kappa shape index (κ3) is 3.78. The van der Waals surface area contributed by atoms with Gasteiger partial charge in [0.05, 0.1) is 29.4 Å². The highest BCUT2D eigenvalue weighted by Gasteiger charge is 2.09. The molecule has 0 spiro atoms. The molecular weight excluding hydrogens is 314 g/mol. The molecule has 0 aliphatic carbocycles. The fourth-order valence-electron chi connectivity index (χ4n) is 2.01. The summed E-state index contributed by atoms with van der Waals surface area (Å²) in [6.45, 7) is 2.43. The van der Waals surface area contributed by atoms with E-state index < -0.39 is 0 Å². The second-order valence-electron chi connectivity index (χ2n) is 4.82. The second kappa shape index (κ2) is 6.81. The minimum atomic E-state index is -0.0319. The Balaban J connectivity index is 1.57. The molecule has 0 unspecified atom stereocenters. The van der Waals surface area contributed by atoms with Crippen LogP contribution in [0.1, 0.15) is 16.4 Å². The predicted octanol–water partition coefficient (Wildman–Crippen LogP) is 3.43. The molecule has 2 aromatic heterocycles. The predicted molar refractivity (Wildman–Crippen MR) is 90.0 cm³/mol. The number of carbonyl (C=O) groups is 1. The minimum absolute atomic E-state index is 0.0319. The summed E-state index contributed by atoms with van der Waals surface area (Å²) in [5.74, 6) is -0.0319. The molecule has 0 saturated heterocycles. The third-order valence-electron chi connectivity index (χ3n) is 3.05. The zero-order valence-electron chi connectivity index (χ0n) is 12.1. The number of aromatic nitrogens is 2. The molecule has 3 aromatic rings. The van der Waals surface area contributed by atoms with Gasteiger partial charge in [-0.05, 0) is 6.92 Å². The molecule has 0 aliphatic heterocycles. The summed E-state index contributed by atoms with van der Waals surface area (Å²) in [6.07, 6.45) is 0.298. The van der Waals surface area contributed by atoms with Gasteiger partial charge in [0.2, 0.25) is 5.91 Å². The van der Waals surface area contributed by atoms with Crippen molar-refractivity contribution < 1.29 is 4.79 Å². The van der Waals surface area contributed by atoms with Crippen molar-refractivity contribution in [2.75, 3.05) is 0 Å². The van der Waals surface area contributed by atoms with E-state index in [1.165, 1.54) is 0 Å². The molecule has 0 radical (unpaired) electrons. The van der Waals surface area contributed by atoms with E-state index in [2.05, 4.69) is 15.3 Å². The fourth-order valence-corrected chi connectivity index (χ4v) is 3.45. The molecule has 0 bridgehead atoms. The standard InChI is InChI=1S/C16H15N3OS2/c1-11-18-14(10-21-11)8-17-15(20)7-13-9-22-16(19-13)12-5-3-2-4-6-12/h2-6,9-10H,7-8H2,1H3,(H,17,20). The molecule has 6 heteroatoms. The van der Waals surface area contributed by atoms with Crippen LogP contribution in [-0.4, -0.2) is 15.9 Å². The van der Waals surface area contributed by atoms with Crippen LogP contribution in [0.4, 0.5) is 0 Å². The lowest BCUT2D eigenvalue weighted by Gasteiger charge is -2.01. The second-order valence-corrected chi connectivity index (χ2v) is 6.74. The Morgan fingerprint density at radius 2 is 1.86 bits per heavy atom. The maximum absolute atomic E-state index is 12.0. The van der Waals surface area contributed by atoms with Crippen LogP contribution in [-0.2, 0) is 17.8 Å². The van der Waals surface area contributed by atoms with E-state index in [-0.39, 0.29) is 5.91 Å². The molecular formula is C16H15N3OS2. The van der Waals surface area contributed by atoms with Crippen molar-refractivity contribution in [1.82, 2.24) is 15.3 Å². The molecule has 0 aliphatic rings. The van der Waals surface area contributed by atoms with Gasteiger partial charge in [0.15, 0.2) is 0 Å². The minimum Gasteiger partial charge on any atom is -0.350 e. The van der Waals surface area contributed by atoms with E-state index >= 15 is 0 Å². The van der Waals surface area contributed by atoms with E-state index in [9.17, 15) is 4.79 Å². The summed E-state index contributed by atoms with van der Waals surface area (Å²) in [5, 5.41) is 8.74. The van der Waals surface area contributed by atoms with Gasteiger partial charge in [-0.3, -0.25) is 4.79 Å². The number of amides is 1. The van der Waals surface area contributed by atoms with E-state index in [4.69, 9.17) is 0 Å². The molecule has 4 nitrogen and oxygen atoms in total. The van der Waals surface area contributed by atoms with Crippen LogP contribution in [0.2, 0.25) is 0 Å². The lowest BCUT2D eigenvalue weighted by Crippen LogP contribution is -2.24. The number of nitrogens with zero attached hydrogens (tertiary/aromatic N) is 2. The Bertz CT molecular complexity index is 765. The molecule has 3 rings (SSSR count). The zero-order valence-corrected chi connectivity index (χ0v) is 13.7. The van der Waals surface area contributed by atoms with Gasteiger partial charge in [0, 0.05) is 16.3 Å². The highest BCUT2D eigenvalue weighted by atomic mass is 32.1. The van der Waals surface area contributed by atoms with Gasteiger partial charge in [-0.1, -0.05) is 30.3 Å². The molecule has 112 valence electrons. The van der Waals surface area contributed by atoms with Gasteiger partial charge < -0.3 is 5.32 Å². The van der Waals surface area contributed by atoms with Crippen LogP contribution in [0.3, 0.4) is 0 Å². The SMILES string of the molecule is Cc1nc(CNC(=O)Cc2csc(-c3ccccc3)n2)cs1. The van der Waals surface area contributed by atoms with Gasteiger partial charge >= 0.3 is 0 Å². The molecule has 1 N–H and O–H groups in total. The Kier molecular flexibility index (Phi) is 4.60. The van der Waals surface area contributed by atoms with Crippen molar-refractivity contribution in [2.24, 2.45) is 0 Å². The Hall–Kier alpha value is -2.05. The van der Waals surface area contributed by atoms with Crippen molar-refractivity contribution in [3.8, 4) is 10.6 Å². The summed E-state index contributed by atoms with van der Waals surface area (Å²) in [4.78, 5) is 20.8. The average molecular weight is 329 g/mol. The monoisotopic (exact) mass is 329 g/mol. The molecule has 2 heterocycles. The normalized spacial score (nSPS) is 10.6. The molecule has 1 aromatic carbocycles. The number of carbonyl (C=O) groups excluding carboxylic acids is 1. The summed E-state index contributed by atoms with van der Waals surface area (Å²) >= 11 is 3.15. The van der Waals surface area contributed by atoms with Gasteiger partial charge in [-0.15, -0.1) is 22.7 Å².